The molecule has 76 valence electrons. The molecule has 0 aliphatic carbocycles. The van der Waals surface area contributed by atoms with E-state index in [9.17, 15) is 9.50 Å². The van der Waals surface area contributed by atoms with E-state index in [-0.39, 0.29) is 17.2 Å². The third kappa shape index (κ3) is 1.92. The first-order chi connectivity index (χ1) is 6.74. The van der Waals surface area contributed by atoms with E-state index in [1.54, 1.807) is 23.9 Å². The zero-order valence-electron chi connectivity index (χ0n) is 7.57. The third-order valence-corrected chi connectivity index (χ3v) is 3.47. The van der Waals surface area contributed by atoms with Gasteiger partial charge in [-0.3, -0.25) is 0 Å². The molecule has 1 saturated heterocycles. The molecule has 2 rings (SSSR count). The van der Waals surface area contributed by atoms with Crippen LogP contribution in [0.2, 0.25) is 0 Å². The van der Waals surface area contributed by atoms with E-state index < -0.39 is 0 Å². The summed E-state index contributed by atoms with van der Waals surface area (Å²) in [6.07, 6.45) is 0. The fourth-order valence-corrected chi connectivity index (χ4v) is 2.39. The molecular weight excluding hydrogens is 203 g/mol. The van der Waals surface area contributed by atoms with Crippen LogP contribution in [0.25, 0.3) is 0 Å². The van der Waals surface area contributed by atoms with Crippen LogP contribution < -0.4 is 0 Å². The lowest BCUT2D eigenvalue weighted by atomic mass is 10.1. The number of thioether (sulfide) groups is 1. The SMILES string of the molecule is OCC1(Sc2ccc(F)cc2)COC1. The number of hydrogen-bond acceptors (Lipinski definition) is 3. The van der Waals surface area contributed by atoms with Crippen LogP contribution in [0.3, 0.4) is 0 Å². The Kier molecular flexibility index (Phi) is 2.76. The summed E-state index contributed by atoms with van der Waals surface area (Å²) >= 11 is 1.54. The van der Waals surface area contributed by atoms with Gasteiger partial charge in [0.15, 0.2) is 0 Å². The number of benzene rings is 1. The van der Waals surface area contributed by atoms with Gasteiger partial charge in [-0.2, -0.15) is 0 Å². The minimum atomic E-state index is -0.239. The molecule has 0 unspecified atom stereocenters. The van der Waals surface area contributed by atoms with Gasteiger partial charge in [0.1, 0.15) is 5.82 Å². The molecule has 0 amide bonds. The van der Waals surface area contributed by atoms with E-state index in [0.717, 1.165) is 4.90 Å². The number of aliphatic hydroxyl groups excluding tert-OH is 1. The van der Waals surface area contributed by atoms with E-state index in [0.29, 0.717) is 13.2 Å². The second-order valence-electron chi connectivity index (χ2n) is 3.39. The van der Waals surface area contributed by atoms with E-state index in [4.69, 9.17) is 4.74 Å². The van der Waals surface area contributed by atoms with E-state index in [2.05, 4.69) is 0 Å². The highest BCUT2D eigenvalue weighted by molar-refractivity contribution is 8.00. The summed E-state index contributed by atoms with van der Waals surface area (Å²) in [4.78, 5) is 0.962. The highest BCUT2D eigenvalue weighted by Gasteiger charge is 2.39. The van der Waals surface area contributed by atoms with Crippen molar-refractivity contribution in [1.29, 1.82) is 0 Å². The fraction of sp³-hybridized carbons (Fsp3) is 0.400. The maximum absolute atomic E-state index is 12.6. The van der Waals surface area contributed by atoms with Crippen LogP contribution >= 0.6 is 11.8 Å². The van der Waals surface area contributed by atoms with Crippen molar-refractivity contribution in [1.82, 2.24) is 0 Å². The first-order valence-corrected chi connectivity index (χ1v) is 5.19. The molecule has 1 heterocycles. The molecule has 0 radical (unpaired) electrons. The van der Waals surface area contributed by atoms with Crippen molar-refractivity contribution in [2.45, 2.75) is 9.64 Å². The van der Waals surface area contributed by atoms with Gasteiger partial charge in [0.25, 0.3) is 0 Å². The zero-order valence-corrected chi connectivity index (χ0v) is 8.39. The minimum absolute atomic E-state index is 0.0923. The second kappa shape index (κ2) is 3.88. The second-order valence-corrected chi connectivity index (χ2v) is 4.93. The average molecular weight is 214 g/mol. The Labute approximate surface area is 86.1 Å². The maximum atomic E-state index is 12.6. The molecule has 0 bridgehead atoms. The van der Waals surface area contributed by atoms with Gasteiger partial charge in [-0.25, -0.2) is 4.39 Å². The number of rotatable bonds is 3. The Morgan fingerprint density at radius 1 is 1.36 bits per heavy atom. The first-order valence-electron chi connectivity index (χ1n) is 4.37. The van der Waals surface area contributed by atoms with Gasteiger partial charge in [-0.05, 0) is 24.3 Å². The van der Waals surface area contributed by atoms with Crippen molar-refractivity contribution < 1.29 is 14.2 Å². The normalized spacial score (nSPS) is 19.0. The molecule has 14 heavy (non-hydrogen) atoms. The molecule has 1 aliphatic heterocycles. The third-order valence-electron chi connectivity index (χ3n) is 2.17. The Morgan fingerprint density at radius 2 is 2.00 bits per heavy atom. The van der Waals surface area contributed by atoms with Crippen LogP contribution in [0.5, 0.6) is 0 Å². The molecule has 0 aromatic heterocycles. The molecule has 1 fully saturated rings. The molecule has 0 saturated carbocycles. The molecule has 4 heteroatoms. The lowest BCUT2D eigenvalue weighted by Gasteiger charge is -2.39. The zero-order chi connectivity index (χ0) is 10.0. The quantitative estimate of drug-likeness (QED) is 0.830. The standard InChI is InChI=1S/C10H11FO2S/c11-8-1-3-9(4-2-8)14-10(5-12)6-13-7-10/h1-4,12H,5-7H2. The maximum Gasteiger partial charge on any atom is 0.123 e. The first kappa shape index (κ1) is 9.96. The van der Waals surface area contributed by atoms with Crippen molar-refractivity contribution in [3.63, 3.8) is 0 Å². The van der Waals surface area contributed by atoms with Gasteiger partial charge in [-0.15, -0.1) is 11.8 Å². The van der Waals surface area contributed by atoms with Gasteiger partial charge in [0.05, 0.1) is 24.6 Å². The smallest absolute Gasteiger partial charge is 0.123 e. The Balaban J connectivity index is 2.06. The summed E-state index contributed by atoms with van der Waals surface area (Å²) < 4.78 is 17.5. The summed E-state index contributed by atoms with van der Waals surface area (Å²) in [6, 6.07) is 6.28. The van der Waals surface area contributed by atoms with Crippen LogP contribution in [-0.4, -0.2) is 29.7 Å². The van der Waals surface area contributed by atoms with Crippen molar-refractivity contribution >= 4 is 11.8 Å². The van der Waals surface area contributed by atoms with Crippen molar-refractivity contribution in [2.75, 3.05) is 19.8 Å². The summed E-state index contributed by atoms with van der Waals surface area (Å²) in [5.41, 5.74) is 0. The van der Waals surface area contributed by atoms with Crippen LogP contribution in [0.15, 0.2) is 29.2 Å². The fourth-order valence-electron chi connectivity index (χ4n) is 1.26. The Bertz CT molecular complexity index is 303. The number of halogens is 1. The topological polar surface area (TPSA) is 29.5 Å². The Morgan fingerprint density at radius 3 is 2.43 bits per heavy atom. The lowest BCUT2D eigenvalue weighted by molar-refractivity contribution is -0.0318. The molecule has 0 spiro atoms. The monoisotopic (exact) mass is 214 g/mol. The largest absolute Gasteiger partial charge is 0.395 e. The highest BCUT2D eigenvalue weighted by atomic mass is 32.2. The van der Waals surface area contributed by atoms with Gasteiger partial charge in [0.2, 0.25) is 0 Å². The number of hydrogen-bond donors (Lipinski definition) is 1. The van der Waals surface area contributed by atoms with Crippen molar-refractivity contribution in [2.24, 2.45) is 0 Å². The van der Waals surface area contributed by atoms with Gasteiger partial charge in [0, 0.05) is 4.90 Å². The lowest BCUT2D eigenvalue weighted by Crippen LogP contribution is -2.49. The van der Waals surface area contributed by atoms with E-state index in [1.807, 2.05) is 0 Å². The molecule has 1 aromatic carbocycles. The van der Waals surface area contributed by atoms with Gasteiger partial charge < -0.3 is 9.84 Å². The summed E-state index contributed by atoms with van der Waals surface area (Å²) in [6.45, 7) is 1.21. The van der Waals surface area contributed by atoms with Gasteiger partial charge in [-0.1, -0.05) is 0 Å². The predicted octanol–water partition coefficient (Wildman–Crippen LogP) is 1.68. The van der Waals surface area contributed by atoms with E-state index in [1.165, 1.54) is 12.1 Å². The number of aliphatic hydroxyl groups is 1. The van der Waals surface area contributed by atoms with Gasteiger partial charge >= 0.3 is 0 Å². The van der Waals surface area contributed by atoms with Crippen molar-refractivity contribution in [3.8, 4) is 0 Å². The Hall–Kier alpha value is -0.580. The minimum Gasteiger partial charge on any atom is -0.395 e. The molecule has 2 nitrogen and oxygen atoms in total. The van der Waals surface area contributed by atoms with E-state index >= 15 is 0 Å². The molecule has 1 aliphatic rings. The average Bonchev–Trinajstić information content (AvgIpc) is 2.15. The molecule has 0 atom stereocenters. The molecular formula is C10H11FO2S. The number of ether oxygens (including phenoxy) is 1. The molecule has 1 aromatic rings. The summed E-state index contributed by atoms with van der Waals surface area (Å²) in [7, 11) is 0. The summed E-state index contributed by atoms with van der Waals surface area (Å²) in [5, 5.41) is 9.18. The summed E-state index contributed by atoms with van der Waals surface area (Å²) in [5.74, 6) is -0.239. The van der Waals surface area contributed by atoms with Crippen LogP contribution in [0, 0.1) is 5.82 Å². The van der Waals surface area contributed by atoms with Crippen molar-refractivity contribution in [3.05, 3.63) is 30.1 Å². The van der Waals surface area contributed by atoms with Crippen LogP contribution in [-0.2, 0) is 4.74 Å². The highest BCUT2D eigenvalue weighted by Crippen LogP contribution is 2.38. The molecule has 1 N–H and O–H groups in total. The van der Waals surface area contributed by atoms with Crippen LogP contribution in [0.4, 0.5) is 4.39 Å². The van der Waals surface area contributed by atoms with Crippen LogP contribution in [0.1, 0.15) is 0 Å². The predicted molar refractivity (Wildman–Crippen MR) is 52.9 cm³/mol.